The second kappa shape index (κ2) is 13.6. The first-order valence-corrected chi connectivity index (χ1v) is 14.0. The number of anilines is 4. The van der Waals surface area contributed by atoms with Gasteiger partial charge in [0.1, 0.15) is 28.1 Å². The molecule has 0 saturated carbocycles. The standard InChI is InChI=1S/C27H34F3N7O3S/c1-17-7-8-19(22(13-17)37(4)41(6)39)15-32-24-20(27(28,29)30)16-33-26(35-24)34-21-10-9-18(14-23(21)40-5)25(38)31-11-12-36(2)3/h7-10,13-14,16H,11-12,15H2,1-6H3,(H,31,38)(H2,32,33,34,35). The summed E-state index contributed by atoms with van der Waals surface area (Å²) >= 11 is 0. The molecule has 0 saturated heterocycles. The predicted molar refractivity (Wildman–Crippen MR) is 155 cm³/mol. The van der Waals surface area contributed by atoms with Gasteiger partial charge in [-0.2, -0.15) is 18.2 Å². The molecule has 0 bridgehead atoms. The van der Waals surface area contributed by atoms with Crippen LogP contribution in [0.15, 0.2) is 42.6 Å². The van der Waals surface area contributed by atoms with Crippen LogP contribution in [0.2, 0.25) is 0 Å². The molecular formula is C27H34F3N7O3S. The second-order valence-electron chi connectivity index (χ2n) is 9.46. The lowest BCUT2D eigenvalue weighted by Gasteiger charge is -2.21. The van der Waals surface area contributed by atoms with Crippen molar-refractivity contribution >= 4 is 40.0 Å². The summed E-state index contributed by atoms with van der Waals surface area (Å²) in [6.07, 6.45) is -2.50. The van der Waals surface area contributed by atoms with E-state index in [1.165, 1.54) is 19.4 Å². The van der Waals surface area contributed by atoms with E-state index in [-0.39, 0.29) is 24.1 Å². The Labute approximate surface area is 239 Å². The minimum atomic E-state index is -4.71. The Bertz CT molecular complexity index is 1400. The summed E-state index contributed by atoms with van der Waals surface area (Å²) < 4.78 is 60.5. The molecule has 41 heavy (non-hydrogen) atoms. The molecule has 0 radical (unpaired) electrons. The Balaban J connectivity index is 1.87. The summed E-state index contributed by atoms with van der Waals surface area (Å²) in [4.78, 5) is 22.4. The molecule has 0 aliphatic rings. The molecule has 1 unspecified atom stereocenters. The number of methoxy groups -OCH3 is 1. The van der Waals surface area contributed by atoms with Gasteiger partial charge in [-0.15, -0.1) is 0 Å². The fourth-order valence-electron chi connectivity index (χ4n) is 3.77. The van der Waals surface area contributed by atoms with Crippen LogP contribution in [-0.4, -0.2) is 72.6 Å². The van der Waals surface area contributed by atoms with E-state index < -0.39 is 28.5 Å². The molecule has 0 aliphatic carbocycles. The summed E-state index contributed by atoms with van der Waals surface area (Å²) in [5.74, 6) is -0.555. The lowest BCUT2D eigenvalue weighted by molar-refractivity contribution is -0.137. The van der Waals surface area contributed by atoms with Gasteiger partial charge in [0.05, 0.1) is 18.5 Å². The fraction of sp³-hybridized carbons (Fsp3) is 0.370. The first-order valence-electron chi connectivity index (χ1n) is 12.5. The molecule has 1 atom stereocenters. The van der Waals surface area contributed by atoms with E-state index in [0.29, 0.717) is 41.8 Å². The van der Waals surface area contributed by atoms with Crippen LogP contribution in [0.25, 0.3) is 0 Å². The Morgan fingerprint density at radius 3 is 2.49 bits per heavy atom. The van der Waals surface area contributed by atoms with E-state index >= 15 is 0 Å². The number of benzene rings is 2. The third kappa shape index (κ3) is 8.54. The van der Waals surface area contributed by atoms with Crippen molar-refractivity contribution in [2.24, 2.45) is 0 Å². The second-order valence-corrected chi connectivity index (χ2v) is 10.9. The molecule has 222 valence electrons. The zero-order chi connectivity index (χ0) is 30.3. The van der Waals surface area contributed by atoms with Gasteiger partial charge in [-0.1, -0.05) is 12.1 Å². The van der Waals surface area contributed by atoms with Crippen molar-refractivity contribution in [3.8, 4) is 5.75 Å². The maximum atomic E-state index is 13.8. The molecule has 1 heterocycles. The van der Waals surface area contributed by atoms with E-state index in [9.17, 15) is 22.2 Å². The number of likely N-dealkylation sites (N-methyl/N-ethyl adjacent to an activating group) is 1. The summed E-state index contributed by atoms with van der Waals surface area (Å²) in [7, 11) is 5.52. The van der Waals surface area contributed by atoms with Crippen LogP contribution in [0.1, 0.15) is 27.0 Å². The number of aryl methyl sites for hydroxylation is 1. The number of carbonyl (C=O) groups is 1. The van der Waals surface area contributed by atoms with Gasteiger partial charge in [-0.05, 0) is 56.4 Å². The van der Waals surface area contributed by atoms with Gasteiger partial charge in [0.15, 0.2) is 0 Å². The number of carbonyl (C=O) groups excluding carboxylic acids is 1. The molecule has 14 heteroatoms. The minimum Gasteiger partial charge on any atom is -0.495 e. The summed E-state index contributed by atoms with van der Waals surface area (Å²) in [6.45, 7) is 2.98. The normalized spacial score (nSPS) is 12.1. The van der Waals surface area contributed by atoms with Crippen LogP contribution in [-0.2, 0) is 23.7 Å². The number of aromatic nitrogens is 2. The van der Waals surface area contributed by atoms with Crippen LogP contribution < -0.4 is 25.0 Å². The lowest BCUT2D eigenvalue weighted by atomic mass is 10.1. The quantitative estimate of drug-likeness (QED) is 0.287. The molecule has 2 aromatic carbocycles. The van der Waals surface area contributed by atoms with Gasteiger partial charge >= 0.3 is 6.18 Å². The number of halogens is 3. The maximum absolute atomic E-state index is 13.8. The molecule has 0 spiro atoms. The van der Waals surface area contributed by atoms with Gasteiger partial charge < -0.3 is 25.6 Å². The van der Waals surface area contributed by atoms with E-state index in [1.807, 2.05) is 38.1 Å². The van der Waals surface area contributed by atoms with E-state index in [4.69, 9.17) is 4.74 Å². The Morgan fingerprint density at radius 2 is 1.85 bits per heavy atom. The largest absolute Gasteiger partial charge is 0.495 e. The number of ether oxygens (including phenoxy) is 1. The van der Waals surface area contributed by atoms with Crippen LogP contribution in [0, 0.1) is 6.92 Å². The molecule has 3 rings (SSSR count). The van der Waals surface area contributed by atoms with Crippen LogP contribution in [0.5, 0.6) is 5.75 Å². The van der Waals surface area contributed by atoms with Gasteiger partial charge in [0.25, 0.3) is 5.91 Å². The van der Waals surface area contributed by atoms with E-state index in [1.54, 1.807) is 29.6 Å². The number of amides is 1. The van der Waals surface area contributed by atoms with Crippen molar-refractivity contribution in [2.45, 2.75) is 19.6 Å². The van der Waals surface area contributed by atoms with E-state index in [2.05, 4.69) is 25.9 Å². The lowest BCUT2D eigenvalue weighted by Crippen LogP contribution is -2.31. The topological polar surface area (TPSA) is 112 Å². The van der Waals surface area contributed by atoms with Crippen molar-refractivity contribution in [3.63, 3.8) is 0 Å². The molecule has 10 nitrogen and oxygen atoms in total. The maximum Gasteiger partial charge on any atom is 0.421 e. The summed E-state index contributed by atoms with van der Waals surface area (Å²) in [5.41, 5.74) is 1.84. The van der Waals surface area contributed by atoms with E-state index in [0.717, 1.165) is 5.56 Å². The predicted octanol–water partition coefficient (Wildman–Crippen LogP) is 4.19. The third-order valence-corrected chi connectivity index (χ3v) is 7.03. The molecule has 3 N–H and O–H groups in total. The molecule has 1 amide bonds. The van der Waals surface area contributed by atoms with Crippen LogP contribution in [0.4, 0.5) is 36.3 Å². The van der Waals surface area contributed by atoms with Crippen molar-refractivity contribution in [3.05, 3.63) is 64.8 Å². The highest BCUT2D eigenvalue weighted by Crippen LogP contribution is 2.35. The van der Waals surface area contributed by atoms with Gasteiger partial charge in [-0.3, -0.25) is 9.10 Å². The molecular weight excluding hydrogens is 559 g/mol. The Morgan fingerprint density at radius 1 is 1.12 bits per heavy atom. The number of nitrogens with zero attached hydrogens (tertiary/aromatic N) is 4. The van der Waals surface area contributed by atoms with Crippen LogP contribution in [0.3, 0.4) is 0 Å². The summed E-state index contributed by atoms with van der Waals surface area (Å²) in [5, 5.41) is 8.46. The SMILES string of the molecule is COc1cc(C(=O)NCCN(C)C)ccc1Nc1ncc(C(F)(F)F)c(NCc2ccc(C)cc2N(C)S(C)=O)n1. The van der Waals surface area contributed by atoms with Gasteiger partial charge in [0, 0.05) is 44.7 Å². The molecule has 0 aliphatic heterocycles. The number of hydrogen-bond donors (Lipinski definition) is 3. The van der Waals surface area contributed by atoms with Gasteiger partial charge in [-0.25, -0.2) is 9.19 Å². The minimum absolute atomic E-state index is 0.0162. The Hall–Kier alpha value is -3.91. The highest BCUT2D eigenvalue weighted by atomic mass is 32.2. The zero-order valence-corrected chi connectivity index (χ0v) is 24.5. The highest BCUT2D eigenvalue weighted by Gasteiger charge is 2.35. The number of nitrogens with one attached hydrogen (secondary N) is 3. The average Bonchev–Trinajstić information content (AvgIpc) is 2.91. The number of alkyl halides is 3. The monoisotopic (exact) mass is 593 g/mol. The Kier molecular flexibility index (Phi) is 10.5. The van der Waals surface area contributed by atoms with Gasteiger partial charge in [0.2, 0.25) is 5.95 Å². The van der Waals surface area contributed by atoms with Crippen molar-refractivity contribution in [2.75, 3.05) is 62.5 Å². The summed E-state index contributed by atoms with van der Waals surface area (Å²) in [6, 6.07) is 10.0. The highest BCUT2D eigenvalue weighted by molar-refractivity contribution is 7.85. The third-order valence-electron chi connectivity index (χ3n) is 6.06. The molecule has 0 fully saturated rings. The van der Waals surface area contributed by atoms with Crippen molar-refractivity contribution < 1.29 is 26.9 Å². The average molecular weight is 594 g/mol. The molecule has 1 aromatic heterocycles. The smallest absolute Gasteiger partial charge is 0.421 e. The number of hydrogen-bond acceptors (Lipinski definition) is 8. The number of rotatable bonds is 12. The first kappa shape index (κ1) is 31.6. The van der Waals surface area contributed by atoms with Crippen molar-refractivity contribution in [1.29, 1.82) is 0 Å². The molecule has 3 aromatic rings. The first-order chi connectivity index (χ1) is 19.3. The fourth-order valence-corrected chi connectivity index (χ4v) is 4.22. The van der Waals surface area contributed by atoms with Crippen LogP contribution >= 0.6 is 0 Å². The zero-order valence-electron chi connectivity index (χ0n) is 23.7. The van der Waals surface area contributed by atoms with Crippen molar-refractivity contribution in [1.82, 2.24) is 20.2 Å².